The summed E-state index contributed by atoms with van der Waals surface area (Å²) in [6.07, 6.45) is 2.91. The summed E-state index contributed by atoms with van der Waals surface area (Å²) in [7, 11) is -0.297. The molecule has 4 heteroatoms. The molecule has 2 rings (SSSR count). The standard InChI is InChI=1S/C16H26BNO2/c1-11(2)8-13-9-14(12(3)10-18-13)17-19-15(4,5)16(6,7)20-17/h9-11H,8H2,1-7H3. The molecule has 0 amide bonds. The Kier molecular flexibility index (Phi) is 4.00. The van der Waals surface area contributed by atoms with Gasteiger partial charge in [0.1, 0.15) is 0 Å². The van der Waals surface area contributed by atoms with Crippen molar-refractivity contribution in [2.45, 2.75) is 66.1 Å². The van der Waals surface area contributed by atoms with Crippen molar-refractivity contribution in [3.63, 3.8) is 0 Å². The Bertz CT molecular complexity index is 481. The second-order valence-electron chi connectivity index (χ2n) is 7.22. The van der Waals surface area contributed by atoms with E-state index in [0.29, 0.717) is 5.92 Å². The van der Waals surface area contributed by atoms with Gasteiger partial charge in [-0.15, -0.1) is 0 Å². The predicted octanol–water partition coefficient (Wildman–Crippen LogP) is 2.89. The van der Waals surface area contributed by atoms with Gasteiger partial charge < -0.3 is 9.31 Å². The second-order valence-corrected chi connectivity index (χ2v) is 7.22. The number of nitrogens with zero attached hydrogens (tertiary/aromatic N) is 1. The smallest absolute Gasteiger partial charge is 0.399 e. The maximum Gasteiger partial charge on any atom is 0.495 e. The molecule has 0 unspecified atom stereocenters. The number of pyridine rings is 1. The second kappa shape index (κ2) is 5.16. The third-order valence-electron chi connectivity index (χ3n) is 4.33. The van der Waals surface area contributed by atoms with Gasteiger partial charge >= 0.3 is 7.12 Å². The highest BCUT2D eigenvalue weighted by Crippen LogP contribution is 2.36. The summed E-state index contributed by atoms with van der Waals surface area (Å²) in [5, 5.41) is 0. The van der Waals surface area contributed by atoms with Crippen molar-refractivity contribution in [2.75, 3.05) is 0 Å². The van der Waals surface area contributed by atoms with E-state index in [1.165, 1.54) is 0 Å². The fourth-order valence-electron chi connectivity index (χ4n) is 2.34. The van der Waals surface area contributed by atoms with Crippen LogP contribution in [0.1, 0.15) is 52.8 Å². The number of hydrogen-bond acceptors (Lipinski definition) is 3. The minimum Gasteiger partial charge on any atom is -0.399 e. The summed E-state index contributed by atoms with van der Waals surface area (Å²) in [5.41, 5.74) is 2.73. The van der Waals surface area contributed by atoms with Crippen LogP contribution in [0.25, 0.3) is 0 Å². The molecule has 0 bridgehead atoms. The van der Waals surface area contributed by atoms with Crippen LogP contribution in [0, 0.1) is 12.8 Å². The lowest BCUT2D eigenvalue weighted by Gasteiger charge is -2.32. The van der Waals surface area contributed by atoms with Crippen LogP contribution in [0.15, 0.2) is 12.3 Å². The van der Waals surface area contributed by atoms with Gasteiger partial charge in [0.05, 0.1) is 11.2 Å². The van der Waals surface area contributed by atoms with Gasteiger partial charge in [-0.3, -0.25) is 4.98 Å². The molecule has 3 nitrogen and oxygen atoms in total. The summed E-state index contributed by atoms with van der Waals surface area (Å²) < 4.78 is 12.3. The highest BCUT2D eigenvalue weighted by atomic mass is 16.7. The molecule has 1 saturated heterocycles. The molecule has 0 aliphatic carbocycles. The Morgan fingerprint density at radius 1 is 1.15 bits per heavy atom. The highest BCUT2D eigenvalue weighted by Gasteiger charge is 2.52. The van der Waals surface area contributed by atoms with Crippen LogP contribution in [0.3, 0.4) is 0 Å². The van der Waals surface area contributed by atoms with Crippen molar-refractivity contribution >= 4 is 12.6 Å². The van der Waals surface area contributed by atoms with Gasteiger partial charge in [-0.25, -0.2) is 0 Å². The molecule has 0 atom stereocenters. The summed E-state index contributed by atoms with van der Waals surface area (Å²) in [6.45, 7) is 14.8. The topological polar surface area (TPSA) is 31.4 Å². The van der Waals surface area contributed by atoms with Crippen molar-refractivity contribution in [1.29, 1.82) is 0 Å². The molecule has 0 spiro atoms. The Hall–Kier alpha value is -0.865. The van der Waals surface area contributed by atoms with Crippen molar-refractivity contribution < 1.29 is 9.31 Å². The minimum absolute atomic E-state index is 0.297. The molecule has 20 heavy (non-hydrogen) atoms. The van der Waals surface area contributed by atoms with E-state index in [9.17, 15) is 0 Å². The maximum absolute atomic E-state index is 6.14. The first-order valence-electron chi connectivity index (χ1n) is 7.43. The van der Waals surface area contributed by atoms with E-state index < -0.39 is 0 Å². The van der Waals surface area contributed by atoms with Crippen LogP contribution in [-0.4, -0.2) is 23.3 Å². The lowest BCUT2D eigenvalue weighted by Crippen LogP contribution is -2.41. The van der Waals surface area contributed by atoms with Gasteiger partial charge in [0, 0.05) is 11.9 Å². The molecule has 1 aromatic heterocycles. The van der Waals surface area contributed by atoms with Crippen LogP contribution in [0.5, 0.6) is 0 Å². The number of hydrogen-bond donors (Lipinski definition) is 0. The summed E-state index contributed by atoms with van der Waals surface area (Å²) in [5.74, 6) is 0.594. The molecular formula is C16H26BNO2. The third kappa shape index (κ3) is 2.91. The molecule has 0 radical (unpaired) electrons. The number of rotatable bonds is 3. The van der Waals surface area contributed by atoms with Gasteiger partial charge in [-0.05, 0) is 64.1 Å². The van der Waals surface area contributed by atoms with E-state index in [0.717, 1.165) is 23.1 Å². The van der Waals surface area contributed by atoms with Gasteiger partial charge in [0.15, 0.2) is 0 Å². The summed E-state index contributed by atoms with van der Waals surface area (Å²) in [6, 6.07) is 2.14. The summed E-state index contributed by atoms with van der Waals surface area (Å²) >= 11 is 0. The Morgan fingerprint density at radius 2 is 1.70 bits per heavy atom. The SMILES string of the molecule is Cc1cnc(CC(C)C)cc1B1OC(C)(C)C(C)(C)O1. The van der Waals surface area contributed by atoms with E-state index in [2.05, 4.69) is 59.5 Å². The van der Waals surface area contributed by atoms with Crippen molar-refractivity contribution in [3.8, 4) is 0 Å². The molecule has 1 fully saturated rings. The molecule has 0 N–H and O–H groups in total. The largest absolute Gasteiger partial charge is 0.495 e. The monoisotopic (exact) mass is 275 g/mol. The number of aromatic nitrogens is 1. The average Bonchev–Trinajstić information content (AvgIpc) is 2.50. The fourth-order valence-corrected chi connectivity index (χ4v) is 2.34. The molecule has 110 valence electrons. The van der Waals surface area contributed by atoms with Crippen LogP contribution in [-0.2, 0) is 15.7 Å². The number of aryl methyl sites for hydroxylation is 1. The van der Waals surface area contributed by atoms with Crippen molar-refractivity contribution in [3.05, 3.63) is 23.5 Å². The first-order valence-corrected chi connectivity index (χ1v) is 7.43. The van der Waals surface area contributed by atoms with Crippen LogP contribution >= 0.6 is 0 Å². The molecular weight excluding hydrogens is 249 g/mol. The lowest BCUT2D eigenvalue weighted by molar-refractivity contribution is 0.00578. The Balaban J connectivity index is 2.30. The zero-order valence-corrected chi connectivity index (χ0v) is 13.8. The predicted molar refractivity (Wildman–Crippen MR) is 83.2 cm³/mol. The van der Waals surface area contributed by atoms with Gasteiger partial charge in [0.25, 0.3) is 0 Å². The first-order chi connectivity index (χ1) is 9.12. The fraction of sp³-hybridized carbons (Fsp3) is 0.688. The molecule has 0 saturated carbocycles. The summed E-state index contributed by atoms with van der Waals surface area (Å²) in [4.78, 5) is 4.51. The third-order valence-corrected chi connectivity index (χ3v) is 4.33. The Labute approximate surface area is 123 Å². The quantitative estimate of drug-likeness (QED) is 0.795. The van der Waals surface area contributed by atoms with Crippen molar-refractivity contribution in [1.82, 2.24) is 4.98 Å². The lowest BCUT2D eigenvalue weighted by atomic mass is 9.76. The minimum atomic E-state index is -0.300. The van der Waals surface area contributed by atoms with Crippen LogP contribution < -0.4 is 5.46 Å². The van der Waals surface area contributed by atoms with Crippen LogP contribution in [0.2, 0.25) is 0 Å². The maximum atomic E-state index is 6.14. The molecule has 2 heterocycles. The van der Waals surface area contributed by atoms with E-state index in [1.54, 1.807) is 0 Å². The zero-order chi connectivity index (χ0) is 15.1. The molecule has 0 aromatic carbocycles. The van der Waals surface area contributed by atoms with E-state index in [4.69, 9.17) is 9.31 Å². The van der Waals surface area contributed by atoms with Crippen LogP contribution in [0.4, 0.5) is 0 Å². The van der Waals surface area contributed by atoms with Gasteiger partial charge in [0.2, 0.25) is 0 Å². The highest BCUT2D eigenvalue weighted by molar-refractivity contribution is 6.62. The van der Waals surface area contributed by atoms with E-state index >= 15 is 0 Å². The zero-order valence-electron chi connectivity index (χ0n) is 13.8. The first kappa shape index (κ1) is 15.5. The molecule has 1 aromatic rings. The Morgan fingerprint density at radius 3 is 2.20 bits per heavy atom. The van der Waals surface area contributed by atoms with Gasteiger partial charge in [-0.1, -0.05) is 13.8 Å². The average molecular weight is 275 g/mol. The van der Waals surface area contributed by atoms with Gasteiger partial charge in [-0.2, -0.15) is 0 Å². The van der Waals surface area contributed by atoms with Crippen molar-refractivity contribution in [2.24, 2.45) is 5.92 Å². The van der Waals surface area contributed by atoms with E-state index in [1.807, 2.05) is 6.20 Å². The molecule has 1 aliphatic heterocycles. The molecule has 1 aliphatic rings. The van der Waals surface area contributed by atoms with E-state index in [-0.39, 0.29) is 18.3 Å². The normalized spacial score (nSPS) is 20.7.